The molecule has 5 nitrogen and oxygen atoms in total. The number of rotatable bonds is 5. The number of aromatic nitrogens is 2. The molecule has 5 heteroatoms. The Morgan fingerprint density at radius 1 is 1.33 bits per heavy atom. The Bertz CT molecular complexity index is 495. The summed E-state index contributed by atoms with van der Waals surface area (Å²) in [5.74, 6) is 0.174. The van der Waals surface area contributed by atoms with Crippen LogP contribution in [0.2, 0.25) is 0 Å². The lowest BCUT2D eigenvalue weighted by Crippen LogP contribution is -2.40. The topological polar surface area (TPSA) is 50.2 Å². The van der Waals surface area contributed by atoms with Crippen LogP contribution in [0.5, 0.6) is 0 Å². The largest absolute Gasteiger partial charge is 0.356 e. The lowest BCUT2D eigenvalue weighted by Gasteiger charge is -2.31. The van der Waals surface area contributed by atoms with Crippen molar-refractivity contribution in [2.45, 2.75) is 52.0 Å². The minimum atomic E-state index is 0.174. The molecule has 0 spiro atoms. The van der Waals surface area contributed by atoms with Crippen molar-refractivity contribution in [3.05, 3.63) is 17.0 Å². The van der Waals surface area contributed by atoms with Gasteiger partial charge < -0.3 is 10.2 Å². The summed E-state index contributed by atoms with van der Waals surface area (Å²) in [5, 5.41) is 7.47. The van der Waals surface area contributed by atoms with Crippen molar-refractivity contribution in [3.63, 3.8) is 0 Å². The number of nitrogens with zero attached hydrogens (tertiary/aromatic N) is 3. The number of hydrogen-bond donors (Lipinski definition) is 1. The average Bonchev–Trinajstić information content (AvgIpc) is 2.68. The molecule has 1 atom stereocenters. The summed E-state index contributed by atoms with van der Waals surface area (Å²) >= 11 is 0. The van der Waals surface area contributed by atoms with Gasteiger partial charge in [0.05, 0.1) is 5.69 Å². The zero-order valence-corrected chi connectivity index (χ0v) is 13.8. The second-order valence-electron chi connectivity index (χ2n) is 6.21. The number of carbonyl (C=O) groups is 1. The van der Waals surface area contributed by atoms with Crippen LogP contribution >= 0.6 is 0 Å². The van der Waals surface area contributed by atoms with Crippen LogP contribution in [0.3, 0.4) is 0 Å². The van der Waals surface area contributed by atoms with Crippen LogP contribution in [0.1, 0.15) is 42.6 Å². The Labute approximate surface area is 127 Å². The number of nitrogens with one attached hydrogen (secondary N) is 1. The quantitative estimate of drug-likeness (QED) is 0.896. The maximum Gasteiger partial charge on any atom is 0.221 e. The van der Waals surface area contributed by atoms with Crippen LogP contribution in [-0.4, -0.2) is 46.8 Å². The first-order chi connectivity index (χ1) is 9.99. The van der Waals surface area contributed by atoms with Crippen molar-refractivity contribution < 1.29 is 4.79 Å². The van der Waals surface area contributed by atoms with Gasteiger partial charge in [-0.3, -0.25) is 9.48 Å². The van der Waals surface area contributed by atoms with Gasteiger partial charge in [-0.2, -0.15) is 5.10 Å². The van der Waals surface area contributed by atoms with Gasteiger partial charge in [-0.1, -0.05) is 6.42 Å². The molecule has 1 N–H and O–H groups in total. The molecule has 1 aliphatic heterocycles. The predicted octanol–water partition coefficient (Wildman–Crippen LogP) is 1.57. The number of likely N-dealkylation sites (tertiary alicyclic amines) is 1. The minimum absolute atomic E-state index is 0.174. The van der Waals surface area contributed by atoms with E-state index in [0.717, 1.165) is 25.1 Å². The average molecular weight is 292 g/mol. The first kappa shape index (κ1) is 16.0. The van der Waals surface area contributed by atoms with Crippen LogP contribution in [0.25, 0.3) is 0 Å². The van der Waals surface area contributed by atoms with E-state index in [1.54, 1.807) is 0 Å². The molecule has 1 aliphatic rings. The lowest BCUT2D eigenvalue weighted by molar-refractivity contribution is -0.122. The molecule has 21 heavy (non-hydrogen) atoms. The highest BCUT2D eigenvalue weighted by Gasteiger charge is 2.21. The fourth-order valence-electron chi connectivity index (χ4n) is 3.19. The first-order valence-corrected chi connectivity index (χ1v) is 7.95. The summed E-state index contributed by atoms with van der Waals surface area (Å²) < 4.78 is 1.91. The van der Waals surface area contributed by atoms with Gasteiger partial charge in [0.15, 0.2) is 0 Å². The van der Waals surface area contributed by atoms with Crippen LogP contribution in [0.4, 0.5) is 0 Å². The van der Waals surface area contributed by atoms with Gasteiger partial charge in [0.2, 0.25) is 5.91 Å². The summed E-state index contributed by atoms with van der Waals surface area (Å²) in [7, 11) is 4.09. The smallest absolute Gasteiger partial charge is 0.221 e. The molecule has 1 aromatic heterocycles. The highest BCUT2D eigenvalue weighted by molar-refractivity contribution is 5.76. The molecule has 0 aromatic carbocycles. The molecule has 2 heterocycles. The Hall–Kier alpha value is -1.36. The second kappa shape index (κ2) is 7.07. The maximum atomic E-state index is 12.1. The lowest BCUT2D eigenvalue weighted by atomic mass is 10.00. The zero-order chi connectivity index (χ0) is 15.4. The van der Waals surface area contributed by atoms with Crippen LogP contribution in [0, 0.1) is 13.8 Å². The molecule has 0 radical (unpaired) electrons. The first-order valence-electron chi connectivity index (χ1n) is 7.95. The SMILES string of the molecule is Cc1nn(C)c(C)c1CCNC(=O)C[C@H]1CCCCN1C. The molecule has 2 rings (SSSR count). The minimum Gasteiger partial charge on any atom is -0.356 e. The number of piperidine rings is 1. The molecule has 1 aromatic rings. The van der Waals surface area contributed by atoms with E-state index in [4.69, 9.17) is 0 Å². The Morgan fingerprint density at radius 3 is 2.71 bits per heavy atom. The Balaban J connectivity index is 1.76. The van der Waals surface area contributed by atoms with Crippen molar-refractivity contribution in [3.8, 4) is 0 Å². The molecule has 1 fully saturated rings. The molecular weight excluding hydrogens is 264 g/mol. The van der Waals surface area contributed by atoms with Gasteiger partial charge in [0.25, 0.3) is 0 Å². The van der Waals surface area contributed by atoms with E-state index in [0.29, 0.717) is 19.0 Å². The van der Waals surface area contributed by atoms with Crippen molar-refractivity contribution in [2.24, 2.45) is 7.05 Å². The van der Waals surface area contributed by atoms with E-state index in [1.807, 2.05) is 18.7 Å². The zero-order valence-electron chi connectivity index (χ0n) is 13.8. The predicted molar refractivity (Wildman–Crippen MR) is 84.3 cm³/mol. The number of aryl methyl sites for hydroxylation is 2. The Morgan fingerprint density at radius 2 is 2.10 bits per heavy atom. The van der Waals surface area contributed by atoms with Crippen LogP contribution in [0.15, 0.2) is 0 Å². The second-order valence-corrected chi connectivity index (χ2v) is 6.21. The number of amides is 1. The van der Waals surface area contributed by atoms with Gasteiger partial charge in [0, 0.05) is 31.7 Å². The van der Waals surface area contributed by atoms with Crippen LogP contribution in [-0.2, 0) is 18.3 Å². The van der Waals surface area contributed by atoms with Crippen molar-refractivity contribution in [1.82, 2.24) is 20.0 Å². The molecule has 1 amide bonds. The molecule has 0 saturated carbocycles. The van der Waals surface area contributed by atoms with Gasteiger partial charge in [-0.25, -0.2) is 0 Å². The van der Waals surface area contributed by atoms with E-state index < -0.39 is 0 Å². The normalized spacial score (nSPS) is 19.7. The summed E-state index contributed by atoms with van der Waals surface area (Å²) in [6, 6.07) is 0.417. The van der Waals surface area contributed by atoms with Gasteiger partial charge in [-0.05, 0) is 52.3 Å². The van der Waals surface area contributed by atoms with E-state index in [9.17, 15) is 4.79 Å². The number of hydrogen-bond acceptors (Lipinski definition) is 3. The fraction of sp³-hybridized carbons (Fsp3) is 0.750. The molecular formula is C16H28N4O. The van der Waals surface area contributed by atoms with Crippen molar-refractivity contribution in [2.75, 3.05) is 20.1 Å². The van der Waals surface area contributed by atoms with Gasteiger partial charge in [-0.15, -0.1) is 0 Å². The number of carbonyl (C=O) groups excluding carboxylic acids is 1. The molecule has 0 aliphatic carbocycles. The van der Waals surface area contributed by atoms with E-state index >= 15 is 0 Å². The third-order valence-corrected chi connectivity index (χ3v) is 4.70. The Kier molecular flexibility index (Phi) is 5.39. The maximum absolute atomic E-state index is 12.1. The van der Waals surface area contributed by atoms with E-state index in [2.05, 4.69) is 29.3 Å². The highest BCUT2D eigenvalue weighted by Crippen LogP contribution is 2.17. The van der Waals surface area contributed by atoms with Crippen LogP contribution < -0.4 is 5.32 Å². The monoisotopic (exact) mass is 292 g/mol. The third-order valence-electron chi connectivity index (χ3n) is 4.70. The molecule has 0 bridgehead atoms. The summed E-state index contributed by atoms with van der Waals surface area (Å²) in [6.45, 7) is 5.92. The van der Waals surface area contributed by atoms with E-state index in [-0.39, 0.29) is 5.91 Å². The summed E-state index contributed by atoms with van der Waals surface area (Å²) in [4.78, 5) is 14.4. The summed E-state index contributed by atoms with van der Waals surface area (Å²) in [6.07, 6.45) is 5.13. The van der Waals surface area contributed by atoms with Gasteiger partial charge >= 0.3 is 0 Å². The van der Waals surface area contributed by atoms with Gasteiger partial charge in [0.1, 0.15) is 0 Å². The van der Waals surface area contributed by atoms with Crippen molar-refractivity contribution >= 4 is 5.91 Å². The highest BCUT2D eigenvalue weighted by atomic mass is 16.1. The van der Waals surface area contributed by atoms with Crippen molar-refractivity contribution in [1.29, 1.82) is 0 Å². The fourth-order valence-corrected chi connectivity index (χ4v) is 3.19. The standard InChI is InChI=1S/C16H28N4O/c1-12-15(13(2)20(4)18-12)8-9-17-16(21)11-14-7-5-6-10-19(14)3/h14H,5-11H2,1-4H3,(H,17,21)/t14-/m1/s1. The summed E-state index contributed by atoms with van der Waals surface area (Å²) in [5.41, 5.74) is 3.51. The third kappa shape index (κ3) is 4.06. The molecule has 1 saturated heterocycles. The molecule has 118 valence electrons. The van der Waals surface area contributed by atoms with E-state index in [1.165, 1.54) is 24.1 Å². The molecule has 0 unspecified atom stereocenters.